The van der Waals surface area contributed by atoms with Gasteiger partial charge in [0.25, 0.3) is 0 Å². The summed E-state index contributed by atoms with van der Waals surface area (Å²) in [6.45, 7) is 8.93. The molecule has 3 rings (SSSR count). The van der Waals surface area contributed by atoms with Gasteiger partial charge in [-0.1, -0.05) is 39.2 Å². The van der Waals surface area contributed by atoms with E-state index in [0.717, 1.165) is 49.1 Å². The summed E-state index contributed by atoms with van der Waals surface area (Å²) < 4.78 is 10.8. The van der Waals surface area contributed by atoms with Crippen LogP contribution in [0.25, 0.3) is 5.70 Å². The third-order valence-corrected chi connectivity index (χ3v) is 6.40. The van der Waals surface area contributed by atoms with Crippen LogP contribution >= 0.6 is 0 Å². The molecule has 1 amide bonds. The number of hydrogen-bond acceptors (Lipinski definition) is 5. The number of benzene rings is 2. The topological polar surface area (TPSA) is 76.7 Å². The lowest BCUT2D eigenvalue weighted by atomic mass is 9.85. The third kappa shape index (κ3) is 7.35. The number of anilines is 1. The van der Waals surface area contributed by atoms with Crippen molar-refractivity contribution >= 4 is 23.3 Å². The zero-order valence-corrected chi connectivity index (χ0v) is 21.6. The number of rotatable bonds is 10. The number of carbonyl (C=O) groups is 2. The predicted octanol–water partition coefficient (Wildman–Crippen LogP) is 6.61. The van der Waals surface area contributed by atoms with E-state index in [1.807, 2.05) is 12.1 Å². The van der Waals surface area contributed by atoms with E-state index in [0.29, 0.717) is 23.8 Å². The fourth-order valence-corrected chi connectivity index (χ4v) is 4.33. The van der Waals surface area contributed by atoms with Gasteiger partial charge in [0, 0.05) is 34.1 Å². The molecule has 2 aromatic carbocycles. The molecule has 1 heterocycles. The van der Waals surface area contributed by atoms with E-state index in [2.05, 4.69) is 44.4 Å². The van der Waals surface area contributed by atoms with Crippen LogP contribution in [-0.2, 0) is 11.2 Å². The molecule has 6 heteroatoms. The van der Waals surface area contributed by atoms with E-state index in [9.17, 15) is 9.59 Å². The number of methoxy groups -OCH3 is 1. The molecule has 188 valence electrons. The Hall–Kier alpha value is -3.28. The van der Waals surface area contributed by atoms with Gasteiger partial charge >= 0.3 is 6.09 Å². The lowest BCUT2D eigenvalue weighted by Crippen LogP contribution is -2.43. The van der Waals surface area contributed by atoms with Crippen LogP contribution in [0.2, 0.25) is 0 Å². The van der Waals surface area contributed by atoms with Crippen molar-refractivity contribution < 1.29 is 19.1 Å². The molecule has 2 N–H and O–H groups in total. The summed E-state index contributed by atoms with van der Waals surface area (Å²) in [5.74, 6) is 1.02. The molecule has 35 heavy (non-hydrogen) atoms. The van der Waals surface area contributed by atoms with E-state index in [4.69, 9.17) is 9.47 Å². The number of unbranched alkanes of at least 4 members (excludes halogenated alkanes) is 1. The molecule has 0 aromatic heterocycles. The van der Waals surface area contributed by atoms with E-state index >= 15 is 0 Å². The lowest BCUT2D eigenvalue weighted by molar-refractivity contribution is 0.104. The van der Waals surface area contributed by atoms with Gasteiger partial charge in [-0.3, -0.25) is 10.1 Å². The van der Waals surface area contributed by atoms with Gasteiger partial charge in [0.05, 0.1) is 13.7 Å². The molecule has 1 unspecified atom stereocenters. The Balaban J connectivity index is 1.67. The number of carbonyl (C=O) groups excluding carboxylic acids is 2. The van der Waals surface area contributed by atoms with E-state index < -0.39 is 6.09 Å². The fourth-order valence-electron chi connectivity index (χ4n) is 4.33. The first-order valence-corrected chi connectivity index (χ1v) is 12.5. The molecule has 1 aliphatic heterocycles. The highest BCUT2D eigenvalue weighted by Gasteiger charge is 2.28. The summed E-state index contributed by atoms with van der Waals surface area (Å²) in [4.78, 5) is 25.2. The highest BCUT2D eigenvalue weighted by Crippen LogP contribution is 2.32. The summed E-state index contributed by atoms with van der Waals surface area (Å²) in [6, 6.07) is 12.8. The minimum Gasteiger partial charge on any atom is -0.497 e. The Labute approximate surface area is 209 Å². The van der Waals surface area contributed by atoms with Crippen LogP contribution in [0, 0.1) is 5.92 Å². The smallest absolute Gasteiger partial charge is 0.411 e. The number of nitrogens with one attached hydrogen (secondary N) is 2. The van der Waals surface area contributed by atoms with Crippen LogP contribution in [0.1, 0.15) is 74.9 Å². The average Bonchev–Trinajstić information content (AvgIpc) is 2.83. The molecule has 1 aliphatic rings. The zero-order valence-electron chi connectivity index (χ0n) is 21.6. The van der Waals surface area contributed by atoms with Crippen LogP contribution in [0.3, 0.4) is 0 Å². The Morgan fingerprint density at radius 3 is 2.54 bits per heavy atom. The lowest BCUT2D eigenvalue weighted by Gasteiger charge is -2.35. The van der Waals surface area contributed by atoms with Gasteiger partial charge in [-0.05, 0) is 74.6 Å². The Kier molecular flexibility index (Phi) is 8.96. The SMILES string of the molecule is CCCCC(CC)COC(=O)Nc1ccc(C(=O)C=C2NC(C)(C)Cc3ccc(OC)cc32)cc1. The van der Waals surface area contributed by atoms with Gasteiger partial charge in [0.1, 0.15) is 5.75 Å². The zero-order chi connectivity index (χ0) is 25.4. The van der Waals surface area contributed by atoms with Gasteiger partial charge < -0.3 is 14.8 Å². The first-order chi connectivity index (χ1) is 16.7. The van der Waals surface area contributed by atoms with Gasteiger partial charge in [-0.25, -0.2) is 4.79 Å². The second-order valence-corrected chi connectivity index (χ2v) is 9.85. The van der Waals surface area contributed by atoms with Crippen LogP contribution < -0.4 is 15.4 Å². The molecule has 6 nitrogen and oxygen atoms in total. The Morgan fingerprint density at radius 2 is 1.89 bits per heavy atom. The van der Waals surface area contributed by atoms with Gasteiger partial charge in [0.2, 0.25) is 0 Å². The van der Waals surface area contributed by atoms with Crippen LogP contribution in [-0.4, -0.2) is 31.1 Å². The van der Waals surface area contributed by atoms with Crippen LogP contribution in [0.15, 0.2) is 48.5 Å². The molecular weight excluding hydrogens is 440 g/mol. The average molecular weight is 479 g/mol. The van der Waals surface area contributed by atoms with Gasteiger partial charge in [0.15, 0.2) is 5.78 Å². The van der Waals surface area contributed by atoms with Crippen LogP contribution in [0.5, 0.6) is 5.75 Å². The summed E-state index contributed by atoms with van der Waals surface area (Å²) in [6.07, 6.45) is 6.35. The molecule has 2 aromatic rings. The minimum atomic E-state index is -0.472. The molecule has 0 bridgehead atoms. The number of allylic oxidation sites excluding steroid dienone is 1. The molecule has 0 radical (unpaired) electrons. The highest BCUT2D eigenvalue weighted by atomic mass is 16.5. The quantitative estimate of drug-likeness (QED) is 0.297. The standard InChI is InChI=1S/C29H38N2O4/c1-6-8-9-20(7-2)19-35-28(33)30-23-13-10-21(11-14-23)27(32)17-26-25-16-24(34-5)15-12-22(25)18-29(3,4)31-26/h10-17,20,31H,6-9,18-19H2,1-5H3,(H,30,33). The molecule has 0 saturated heterocycles. The number of amides is 1. The number of hydrogen-bond donors (Lipinski definition) is 2. The highest BCUT2D eigenvalue weighted by molar-refractivity contribution is 6.09. The summed E-state index contributed by atoms with van der Waals surface area (Å²) in [7, 11) is 1.64. The maximum atomic E-state index is 13.1. The van der Waals surface area contributed by atoms with Crippen molar-refractivity contribution in [1.29, 1.82) is 0 Å². The maximum Gasteiger partial charge on any atom is 0.411 e. The number of ketones is 1. The van der Waals surface area contributed by atoms with Crippen molar-refractivity contribution in [2.24, 2.45) is 5.92 Å². The van der Waals surface area contributed by atoms with E-state index in [-0.39, 0.29) is 11.3 Å². The Morgan fingerprint density at radius 1 is 1.14 bits per heavy atom. The molecular formula is C29H38N2O4. The molecule has 1 atom stereocenters. The van der Waals surface area contributed by atoms with Gasteiger partial charge in [-0.15, -0.1) is 0 Å². The number of ether oxygens (including phenoxy) is 2. The van der Waals surface area contributed by atoms with Crippen molar-refractivity contribution in [3.05, 3.63) is 65.2 Å². The summed E-state index contributed by atoms with van der Waals surface area (Å²) >= 11 is 0. The largest absolute Gasteiger partial charge is 0.497 e. The van der Waals surface area contributed by atoms with Crippen molar-refractivity contribution in [3.8, 4) is 5.75 Å². The predicted molar refractivity (Wildman–Crippen MR) is 141 cm³/mol. The van der Waals surface area contributed by atoms with E-state index in [1.165, 1.54) is 5.56 Å². The maximum absolute atomic E-state index is 13.1. The van der Waals surface area contributed by atoms with Crippen molar-refractivity contribution in [3.63, 3.8) is 0 Å². The van der Waals surface area contributed by atoms with Gasteiger partial charge in [-0.2, -0.15) is 0 Å². The second kappa shape index (κ2) is 11.9. The van der Waals surface area contributed by atoms with Crippen molar-refractivity contribution in [2.45, 2.75) is 65.3 Å². The third-order valence-electron chi connectivity index (χ3n) is 6.40. The first-order valence-electron chi connectivity index (χ1n) is 12.5. The molecule has 0 fully saturated rings. The molecule has 0 spiro atoms. The molecule has 0 saturated carbocycles. The fraction of sp³-hybridized carbons (Fsp3) is 0.448. The summed E-state index contributed by atoms with van der Waals surface area (Å²) in [5, 5.41) is 6.24. The van der Waals surface area contributed by atoms with Crippen molar-refractivity contribution in [2.75, 3.05) is 19.0 Å². The molecule has 0 aliphatic carbocycles. The Bertz CT molecular complexity index is 1060. The summed E-state index contributed by atoms with van der Waals surface area (Å²) in [5.41, 5.74) is 3.88. The van der Waals surface area contributed by atoms with E-state index in [1.54, 1.807) is 37.5 Å². The van der Waals surface area contributed by atoms with Crippen molar-refractivity contribution in [1.82, 2.24) is 5.32 Å². The van der Waals surface area contributed by atoms with Crippen LogP contribution in [0.4, 0.5) is 10.5 Å². The minimum absolute atomic E-state index is 0.116. The normalized spacial score (nSPS) is 16.1. The number of fused-ring (bicyclic) bond motifs is 1. The monoisotopic (exact) mass is 478 g/mol. The second-order valence-electron chi connectivity index (χ2n) is 9.85. The first kappa shape index (κ1) is 26.3.